The van der Waals surface area contributed by atoms with Gasteiger partial charge < -0.3 is 14.2 Å². The lowest BCUT2D eigenvalue weighted by Gasteiger charge is -2.21. The average Bonchev–Trinajstić information content (AvgIpc) is 2.98. The van der Waals surface area contributed by atoms with Gasteiger partial charge in [-0.05, 0) is 42.2 Å². The van der Waals surface area contributed by atoms with E-state index >= 15 is 0 Å². The third-order valence-corrected chi connectivity index (χ3v) is 7.14. The van der Waals surface area contributed by atoms with E-state index in [1.54, 1.807) is 39.2 Å². The lowest BCUT2D eigenvalue weighted by atomic mass is 10.0. The van der Waals surface area contributed by atoms with Gasteiger partial charge in [0.2, 0.25) is 5.75 Å². The lowest BCUT2D eigenvalue weighted by molar-refractivity contribution is 0.324. The van der Waals surface area contributed by atoms with E-state index in [4.69, 9.17) is 19.2 Å². The molecule has 0 aromatic heterocycles. The van der Waals surface area contributed by atoms with E-state index in [1.807, 2.05) is 36.0 Å². The molecule has 0 fully saturated rings. The van der Waals surface area contributed by atoms with Gasteiger partial charge in [-0.2, -0.15) is 0 Å². The second-order valence-electron chi connectivity index (χ2n) is 6.68. The van der Waals surface area contributed by atoms with Crippen molar-refractivity contribution in [2.45, 2.75) is 28.7 Å². The van der Waals surface area contributed by atoms with Crippen LogP contribution >= 0.6 is 23.5 Å². The summed E-state index contributed by atoms with van der Waals surface area (Å²) in [4.78, 5) is 6.21. The summed E-state index contributed by atoms with van der Waals surface area (Å²) in [6.45, 7) is 5.94. The zero-order chi connectivity index (χ0) is 21.5. The molecule has 3 rings (SSSR count). The molecule has 158 valence electrons. The van der Waals surface area contributed by atoms with E-state index in [0.29, 0.717) is 17.2 Å². The highest BCUT2D eigenvalue weighted by Gasteiger charge is 2.26. The number of fused-ring (bicyclic) bond motifs is 1. The van der Waals surface area contributed by atoms with Crippen molar-refractivity contribution in [2.24, 2.45) is 4.99 Å². The second kappa shape index (κ2) is 10.6. The van der Waals surface area contributed by atoms with Gasteiger partial charge in [0, 0.05) is 27.5 Å². The van der Waals surface area contributed by atoms with Crippen LogP contribution in [0.15, 0.2) is 70.4 Å². The Morgan fingerprint density at radius 1 is 1.13 bits per heavy atom. The zero-order valence-corrected chi connectivity index (χ0v) is 19.4. The largest absolute Gasteiger partial charge is 0.493 e. The predicted molar refractivity (Wildman–Crippen MR) is 129 cm³/mol. The van der Waals surface area contributed by atoms with E-state index in [1.165, 1.54) is 4.90 Å². The number of hydrogen-bond acceptors (Lipinski definition) is 6. The summed E-state index contributed by atoms with van der Waals surface area (Å²) in [5.41, 5.74) is 3.30. The first-order chi connectivity index (χ1) is 14.6. The number of para-hydroxylation sites is 1. The Bertz CT molecular complexity index is 930. The van der Waals surface area contributed by atoms with Gasteiger partial charge in [-0.3, -0.25) is 4.99 Å². The number of hydrogen-bond donors (Lipinski definition) is 0. The van der Waals surface area contributed by atoms with Crippen LogP contribution in [0, 0.1) is 0 Å². The predicted octanol–water partition coefficient (Wildman–Crippen LogP) is 6.84. The maximum Gasteiger partial charge on any atom is 0.203 e. The van der Waals surface area contributed by atoms with Gasteiger partial charge in [-0.15, -0.1) is 23.5 Å². The molecule has 2 unspecified atom stereocenters. The fraction of sp³-hybridized carbons (Fsp3) is 0.292. The standard InChI is InChI=1S/C24H27NO3S2/c1-6-7-12-29-16(2)19-15-23(30-22-11-9-8-10-18(22)25-19)17-13-20(26-3)24(28-5)21(14-17)27-4/h6-14,16,23H,1,15H2,2-5H3/b12-7-. The smallest absolute Gasteiger partial charge is 0.203 e. The Morgan fingerprint density at radius 2 is 1.83 bits per heavy atom. The molecule has 0 aliphatic carbocycles. The fourth-order valence-electron chi connectivity index (χ4n) is 3.26. The van der Waals surface area contributed by atoms with Gasteiger partial charge in [0.15, 0.2) is 11.5 Å². The van der Waals surface area contributed by atoms with Gasteiger partial charge >= 0.3 is 0 Å². The van der Waals surface area contributed by atoms with Crippen LogP contribution in [-0.2, 0) is 0 Å². The highest BCUT2D eigenvalue weighted by Crippen LogP contribution is 2.49. The van der Waals surface area contributed by atoms with E-state index in [0.717, 1.165) is 23.4 Å². The van der Waals surface area contributed by atoms with Crippen LogP contribution in [0.2, 0.25) is 0 Å². The molecule has 1 aliphatic rings. The molecule has 2 aromatic carbocycles. The topological polar surface area (TPSA) is 40.0 Å². The minimum absolute atomic E-state index is 0.174. The van der Waals surface area contributed by atoms with Crippen LogP contribution in [0.1, 0.15) is 24.2 Å². The Kier molecular flexibility index (Phi) is 7.94. The van der Waals surface area contributed by atoms with Gasteiger partial charge in [-0.1, -0.05) is 30.9 Å². The molecule has 0 saturated heterocycles. The number of ether oxygens (including phenoxy) is 3. The monoisotopic (exact) mass is 441 g/mol. The Morgan fingerprint density at radius 3 is 2.47 bits per heavy atom. The highest BCUT2D eigenvalue weighted by molar-refractivity contribution is 8.03. The average molecular weight is 442 g/mol. The van der Waals surface area contributed by atoms with Gasteiger partial charge in [0.1, 0.15) is 0 Å². The second-order valence-corrected chi connectivity index (χ2v) is 9.18. The lowest BCUT2D eigenvalue weighted by Crippen LogP contribution is -2.15. The summed E-state index contributed by atoms with van der Waals surface area (Å²) in [6.07, 6.45) is 4.57. The third kappa shape index (κ3) is 5.05. The van der Waals surface area contributed by atoms with Crippen molar-refractivity contribution in [2.75, 3.05) is 21.3 Å². The normalized spacial score (nSPS) is 16.9. The third-order valence-electron chi connectivity index (χ3n) is 4.82. The molecule has 0 saturated carbocycles. The molecule has 2 atom stereocenters. The summed E-state index contributed by atoms with van der Waals surface area (Å²) in [5, 5.41) is 2.49. The summed E-state index contributed by atoms with van der Waals surface area (Å²) in [7, 11) is 4.92. The number of methoxy groups -OCH3 is 3. The molecule has 4 nitrogen and oxygen atoms in total. The van der Waals surface area contributed by atoms with Crippen LogP contribution in [0.4, 0.5) is 5.69 Å². The summed E-state index contributed by atoms with van der Waals surface area (Å²) in [5.74, 6) is 1.94. The number of benzene rings is 2. The zero-order valence-electron chi connectivity index (χ0n) is 17.8. The summed E-state index contributed by atoms with van der Waals surface area (Å²) < 4.78 is 16.7. The van der Waals surface area contributed by atoms with Crippen LogP contribution < -0.4 is 14.2 Å². The number of aliphatic imine (C=N–C) groups is 1. The Labute approximate surface area is 187 Å². The minimum Gasteiger partial charge on any atom is -0.493 e. The van der Waals surface area contributed by atoms with Crippen molar-refractivity contribution in [1.29, 1.82) is 0 Å². The first-order valence-corrected chi connectivity index (χ1v) is 11.5. The van der Waals surface area contributed by atoms with Gasteiger partial charge in [0.25, 0.3) is 0 Å². The van der Waals surface area contributed by atoms with Gasteiger partial charge in [-0.25, -0.2) is 0 Å². The molecule has 6 heteroatoms. The number of rotatable bonds is 8. The molecular weight excluding hydrogens is 414 g/mol. The van der Waals surface area contributed by atoms with Crippen LogP contribution in [-0.4, -0.2) is 32.3 Å². The first-order valence-electron chi connectivity index (χ1n) is 9.67. The minimum atomic E-state index is 0.174. The summed E-state index contributed by atoms with van der Waals surface area (Å²) >= 11 is 3.57. The van der Waals surface area contributed by atoms with Crippen molar-refractivity contribution in [3.63, 3.8) is 0 Å². The molecule has 0 spiro atoms. The molecule has 2 aromatic rings. The maximum atomic E-state index is 5.58. The molecular formula is C24H27NO3S2. The Balaban J connectivity index is 2.02. The van der Waals surface area contributed by atoms with Crippen LogP contribution in [0.3, 0.4) is 0 Å². The molecule has 1 aliphatic heterocycles. The fourth-order valence-corrected chi connectivity index (χ4v) is 5.23. The molecule has 0 N–H and O–H groups in total. The van der Waals surface area contributed by atoms with Crippen molar-refractivity contribution in [3.8, 4) is 17.2 Å². The highest BCUT2D eigenvalue weighted by atomic mass is 32.2. The number of nitrogens with zero attached hydrogens (tertiary/aromatic N) is 1. The molecule has 0 amide bonds. The van der Waals surface area contributed by atoms with Gasteiger partial charge in [0.05, 0.1) is 27.0 Å². The quantitative estimate of drug-likeness (QED) is 0.419. The van der Waals surface area contributed by atoms with E-state index in [2.05, 4.69) is 37.1 Å². The molecule has 0 radical (unpaired) electrons. The summed E-state index contributed by atoms with van der Waals surface area (Å²) in [6, 6.07) is 12.4. The molecule has 0 bridgehead atoms. The van der Waals surface area contributed by atoms with E-state index < -0.39 is 0 Å². The van der Waals surface area contributed by atoms with E-state index in [9.17, 15) is 0 Å². The SMILES string of the molecule is C=C/C=C\SC(C)C1=Nc2ccccc2SC(c2cc(OC)c(OC)c(OC)c2)C1. The number of allylic oxidation sites excluding steroid dienone is 2. The van der Waals surface area contributed by atoms with Crippen molar-refractivity contribution in [1.82, 2.24) is 0 Å². The number of thioether (sulfide) groups is 2. The molecule has 30 heavy (non-hydrogen) atoms. The van der Waals surface area contributed by atoms with Crippen molar-refractivity contribution < 1.29 is 14.2 Å². The van der Waals surface area contributed by atoms with Crippen molar-refractivity contribution in [3.05, 3.63) is 66.1 Å². The van der Waals surface area contributed by atoms with Crippen molar-refractivity contribution >= 4 is 34.9 Å². The maximum absolute atomic E-state index is 5.58. The van der Waals surface area contributed by atoms with Crippen LogP contribution in [0.25, 0.3) is 0 Å². The Hall–Kier alpha value is -2.31. The van der Waals surface area contributed by atoms with E-state index in [-0.39, 0.29) is 10.5 Å². The van der Waals surface area contributed by atoms with Crippen LogP contribution in [0.5, 0.6) is 17.2 Å². The first kappa shape index (κ1) is 22.4. The molecule has 1 heterocycles.